The molecule has 0 bridgehead atoms. The van der Waals surface area contributed by atoms with Gasteiger partial charge in [-0.3, -0.25) is 14.4 Å². The number of hydrogen-bond donors (Lipinski definition) is 1. The first kappa shape index (κ1) is 32.5. The average molecular weight is 598 g/mol. The Morgan fingerprint density at radius 3 is 2.14 bits per heavy atom. The summed E-state index contributed by atoms with van der Waals surface area (Å²) in [5.41, 5.74) is 1.12. The average Bonchev–Trinajstić information content (AvgIpc) is 2.89. The zero-order chi connectivity index (χ0) is 31.8. The van der Waals surface area contributed by atoms with E-state index < -0.39 is 12.2 Å². The predicted molar refractivity (Wildman–Crippen MR) is 169 cm³/mol. The molecule has 5 aliphatic rings. The van der Waals surface area contributed by atoms with Crippen molar-refractivity contribution in [1.82, 2.24) is 5.32 Å². The summed E-state index contributed by atoms with van der Waals surface area (Å²) in [5.74, 6) is 0.670. The fourth-order valence-corrected chi connectivity index (χ4v) is 11.9. The van der Waals surface area contributed by atoms with Crippen LogP contribution in [0.1, 0.15) is 133 Å². The lowest BCUT2D eigenvalue weighted by Gasteiger charge is -2.71. The molecule has 6 heteroatoms. The fourth-order valence-electron chi connectivity index (χ4n) is 11.9. The molecule has 0 aromatic rings. The molecule has 9 atom stereocenters. The molecule has 5 aliphatic carbocycles. The molecule has 6 nitrogen and oxygen atoms in total. The zero-order valence-corrected chi connectivity index (χ0v) is 28.8. The van der Waals surface area contributed by atoms with Gasteiger partial charge in [-0.15, -0.1) is 0 Å². The molecule has 43 heavy (non-hydrogen) atoms. The molecular weight excluding hydrogens is 538 g/mol. The van der Waals surface area contributed by atoms with Crippen LogP contribution in [0.15, 0.2) is 11.6 Å². The fraction of sp³-hybridized carbons (Fsp3) is 0.865. The van der Waals surface area contributed by atoms with E-state index in [2.05, 4.69) is 66.8 Å². The van der Waals surface area contributed by atoms with E-state index in [-0.39, 0.29) is 56.3 Å². The Balaban J connectivity index is 1.57. The molecule has 0 saturated heterocycles. The Morgan fingerprint density at radius 1 is 0.860 bits per heavy atom. The van der Waals surface area contributed by atoms with Gasteiger partial charge in [0.1, 0.15) is 12.2 Å². The monoisotopic (exact) mass is 597 g/mol. The van der Waals surface area contributed by atoms with Crippen LogP contribution in [0.3, 0.4) is 0 Å². The molecule has 0 heterocycles. The minimum absolute atomic E-state index is 0.00429. The molecule has 1 amide bonds. The highest BCUT2D eigenvalue weighted by atomic mass is 16.6. The number of ether oxygens (including phenoxy) is 2. The van der Waals surface area contributed by atoms with E-state index in [4.69, 9.17) is 9.47 Å². The number of nitrogens with one attached hydrogen (secondary N) is 1. The minimum Gasteiger partial charge on any atom is -0.459 e. The second-order valence-electron chi connectivity index (χ2n) is 17.3. The first-order valence-electron chi connectivity index (χ1n) is 17.2. The van der Waals surface area contributed by atoms with E-state index in [0.717, 1.165) is 64.3 Å². The largest absolute Gasteiger partial charge is 0.459 e. The van der Waals surface area contributed by atoms with Crippen LogP contribution in [0.25, 0.3) is 0 Å². The first-order valence-corrected chi connectivity index (χ1v) is 17.2. The lowest BCUT2D eigenvalue weighted by atomic mass is 9.33. The van der Waals surface area contributed by atoms with Gasteiger partial charge >= 0.3 is 11.9 Å². The van der Waals surface area contributed by atoms with Crippen LogP contribution >= 0.6 is 0 Å². The number of allylic oxidation sites excluding steroid dienone is 2. The van der Waals surface area contributed by atoms with Gasteiger partial charge in [0.2, 0.25) is 5.91 Å². The van der Waals surface area contributed by atoms with Gasteiger partial charge < -0.3 is 14.8 Å². The molecule has 0 aromatic carbocycles. The topological polar surface area (TPSA) is 81.7 Å². The number of amides is 1. The van der Waals surface area contributed by atoms with Gasteiger partial charge in [-0.05, 0) is 104 Å². The van der Waals surface area contributed by atoms with E-state index in [0.29, 0.717) is 18.3 Å². The van der Waals surface area contributed by atoms with Crippen LogP contribution in [-0.2, 0) is 23.9 Å². The molecule has 0 radical (unpaired) electrons. The molecule has 0 aromatic heterocycles. The first-order chi connectivity index (χ1) is 19.9. The lowest BCUT2D eigenvalue weighted by molar-refractivity contribution is -0.243. The summed E-state index contributed by atoms with van der Waals surface area (Å²) in [7, 11) is 0. The van der Waals surface area contributed by atoms with Crippen molar-refractivity contribution in [2.24, 2.45) is 50.2 Å². The van der Waals surface area contributed by atoms with Gasteiger partial charge in [0.25, 0.3) is 0 Å². The van der Waals surface area contributed by atoms with Crippen LogP contribution in [0, 0.1) is 50.2 Å². The van der Waals surface area contributed by atoms with Crippen LogP contribution in [0.5, 0.6) is 0 Å². The molecule has 4 saturated carbocycles. The summed E-state index contributed by atoms with van der Waals surface area (Å²) in [6.07, 6.45) is 11.6. The highest BCUT2D eigenvalue weighted by Gasteiger charge is 2.70. The van der Waals surface area contributed by atoms with Crippen LogP contribution in [-0.4, -0.2) is 36.6 Å². The highest BCUT2D eigenvalue weighted by molar-refractivity contribution is 5.84. The van der Waals surface area contributed by atoms with Crippen molar-refractivity contribution >= 4 is 17.8 Å². The number of carbonyl (C=O) groups excluding carboxylic acids is 3. The van der Waals surface area contributed by atoms with Gasteiger partial charge in [-0.2, -0.15) is 0 Å². The summed E-state index contributed by atoms with van der Waals surface area (Å²) in [6, 6.07) is 0. The number of fused-ring (bicyclic) bond motifs is 7. The third-order valence-electron chi connectivity index (χ3n) is 14.1. The molecule has 1 N–H and O–H groups in total. The van der Waals surface area contributed by atoms with Crippen molar-refractivity contribution in [3.63, 3.8) is 0 Å². The molecule has 242 valence electrons. The maximum absolute atomic E-state index is 14.0. The third-order valence-corrected chi connectivity index (χ3v) is 14.1. The van der Waals surface area contributed by atoms with Gasteiger partial charge in [-0.25, -0.2) is 0 Å². The SMILES string of the molecule is CCCNC(=O)[C@]12CCC(C)(C)C[C@H]1C1=CC[C@@H]3[C@@]4(C)C[C@@H](OC(C)=O)[C@H](OC(C)=O)C(C)(C)[C@@H]4CC[C@@]3(C)[C@]1(C)CC2. The Labute approximate surface area is 260 Å². The lowest BCUT2D eigenvalue weighted by Crippen LogP contribution is -2.68. The van der Waals surface area contributed by atoms with Crippen molar-refractivity contribution in [3.05, 3.63) is 11.6 Å². The molecular formula is C37H59NO5. The normalized spacial score (nSPS) is 44.3. The number of carbonyl (C=O) groups is 3. The highest BCUT2D eigenvalue weighted by Crippen LogP contribution is 2.76. The van der Waals surface area contributed by atoms with E-state index in [9.17, 15) is 14.4 Å². The second kappa shape index (κ2) is 10.6. The smallest absolute Gasteiger partial charge is 0.303 e. The van der Waals surface area contributed by atoms with Gasteiger partial charge in [0, 0.05) is 25.8 Å². The predicted octanol–water partition coefficient (Wildman–Crippen LogP) is 7.79. The number of hydrogen-bond acceptors (Lipinski definition) is 5. The Hall–Kier alpha value is -1.85. The Kier molecular flexibility index (Phi) is 8.03. The van der Waals surface area contributed by atoms with Crippen LogP contribution < -0.4 is 5.32 Å². The third kappa shape index (κ3) is 4.82. The molecule has 0 unspecified atom stereocenters. The minimum atomic E-state index is -0.460. The Morgan fingerprint density at radius 2 is 1.51 bits per heavy atom. The van der Waals surface area contributed by atoms with Crippen LogP contribution in [0.4, 0.5) is 0 Å². The van der Waals surface area contributed by atoms with Gasteiger partial charge in [0.15, 0.2) is 0 Å². The Bertz CT molecular complexity index is 1190. The molecule has 0 aliphatic heterocycles. The maximum atomic E-state index is 14.0. The van der Waals surface area contributed by atoms with Crippen molar-refractivity contribution in [3.8, 4) is 0 Å². The molecule has 5 rings (SSSR count). The van der Waals surface area contributed by atoms with Gasteiger partial charge in [0.05, 0.1) is 5.41 Å². The summed E-state index contributed by atoms with van der Waals surface area (Å²) >= 11 is 0. The van der Waals surface area contributed by atoms with Crippen molar-refractivity contribution in [1.29, 1.82) is 0 Å². The van der Waals surface area contributed by atoms with Crippen molar-refractivity contribution in [2.45, 2.75) is 146 Å². The number of rotatable bonds is 5. The summed E-state index contributed by atoms with van der Waals surface area (Å²) < 4.78 is 11.9. The number of esters is 2. The van der Waals surface area contributed by atoms with E-state index in [1.807, 2.05) is 0 Å². The zero-order valence-electron chi connectivity index (χ0n) is 28.8. The van der Waals surface area contributed by atoms with Crippen LogP contribution in [0.2, 0.25) is 0 Å². The second-order valence-corrected chi connectivity index (χ2v) is 17.3. The van der Waals surface area contributed by atoms with Crippen molar-refractivity contribution < 1.29 is 23.9 Å². The van der Waals surface area contributed by atoms with E-state index >= 15 is 0 Å². The van der Waals surface area contributed by atoms with Crippen molar-refractivity contribution in [2.75, 3.05) is 6.54 Å². The quantitative estimate of drug-likeness (QED) is 0.258. The van der Waals surface area contributed by atoms with Gasteiger partial charge in [-0.1, -0.05) is 67.0 Å². The van der Waals surface area contributed by atoms with E-state index in [1.54, 1.807) is 5.57 Å². The standard InChI is InChI=1S/C37H59NO5/c1-11-20-38-31(41)37-18-16-32(4,5)21-26(37)25-12-13-29-34(8)22-27(42-23(2)39)30(43-24(3)40)33(6,7)28(34)14-15-36(29,10)35(25,9)17-19-37/h12,26-30H,11,13-22H2,1-10H3,(H,38,41)/t26-,27+,28-,29+,30-,34-,35+,36+,37-/m0/s1. The summed E-state index contributed by atoms with van der Waals surface area (Å²) in [6.45, 7) is 22.6. The molecule has 4 fully saturated rings. The maximum Gasteiger partial charge on any atom is 0.303 e. The summed E-state index contributed by atoms with van der Waals surface area (Å²) in [4.78, 5) is 38.6. The summed E-state index contributed by atoms with van der Waals surface area (Å²) in [5, 5.41) is 3.34. The van der Waals surface area contributed by atoms with E-state index in [1.165, 1.54) is 13.8 Å². The molecule has 0 spiro atoms.